The topological polar surface area (TPSA) is 97.0 Å². The van der Waals surface area contributed by atoms with E-state index in [-0.39, 0.29) is 23.3 Å². The highest BCUT2D eigenvalue weighted by atomic mass is 32.1. The van der Waals surface area contributed by atoms with Gasteiger partial charge in [-0.15, -0.1) is 0 Å². The van der Waals surface area contributed by atoms with Crippen molar-refractivity contribution in [3.05, 3.63) is 29.8 Å². The molecule has 0 bridgehead atoms. The lowest BCUT2D eigenvalue weighted by molar-refractivity contribution is -0.147. The van der Waals surface area contributed by atoms with Gasteiger partial charge in [-0.25, -0.2) is 0 Å². The number of carbonyl (C=O) groups is 3. The Kier molecular flexibility index (Phi) is 15.4. The summed E-state index contributed by atoms with van der Waals surface area (Å²) in [5.41, 5.74) is 0.427. The monoisotopic (exact) mass is 547 g/mol. The molecule has 1 unspecified atom stereocenters. The first-order valence-corrected chi connectivity index (χ1v) is 14.6. The van der Waals surface area contributed by atoms with Crippen LogP contribution in [0, 0.1) is 0 Å². The fourth-order valence-electron chi connectivity index (χ4n) is 4.29. The van der Waals surface area contributed by atoms with Crippen LogP contribution in [0.5, 0.6) is 5.75 Å². The number of carbonyl (C=O) groups excluding carboxylic acids is 3. The fourth-order valence-corrected chi connectivity index (χ4v) is 4.60. The Morgan fingerprint density at radius 1 is 0.947 bits per heavy atom. The number of hydrogen-bond donors (Lipinski definition) is 2. The average molecular weight is 548 g/mol. The molecule has 0 saturated carbocycles. The number of amides is 2. The molecule has 1 atom stereocenters. The highest BCUT2D eigenvalue weighted by molar-refractivity contribution is 7.80. The molecule has 1 aromatic carbocycles. The summed E-state index contributed by atoms with van der Waals surface area (Å²) in [4.78, 5) is 39.3. The molecule has 0 spiro atoms. The summed E-state index contributed by atoms with van der Waals surface area (Å²) < 4.78 is 11.1. The predicted octanol–water partition coefficient (Wildman–Crippen LogP) is 5.14. The molecule has 2 amide bonds. The summed E-state index contributed by atoms with van der Waals surface area (Å²) in [6.45, 7) is 6.11. The van der Waals surface area contributed by atoms with Gasteiger partial charge in [0.25, 0.3) is 5.91 Å². The van der Waals surface area contributed by atoms with E-state index in [1.54, 1.807) is 29.2 Å². The third-order valence-corrected chi connectivity index (χ3v) is 6.90. The number of benzene rings is 1. The Morgan fingerprint density at radius 2 is 1.55 bits per heavy atom. The Labute approximate surface area is 233 Å². The Morgan fingerprint density at radius 3 is 2.24 bits per heavy atom. The van der Waals surface area contributed by atoms with Crippen LogP contribution in [0.15, 0.2) is 24.3 Å². The Hall–Kier alpha value is -2.68. The van der Waals surface area contributed by atoms with Crippen molar-refractivity contribution in [2.75, 3.05) is 26.3 Å². The van der Waals surface area contributed by atoms with Gasteiger partial charge < -0.3 is 19.7 Å². The molecule has 0 radical (unpaired) electrons. The standard InChI is InChI=1S/C29H45N3O5S/c1-3-5-7-8-9-10-11-13-21-37-26(33)22-25-28(35)30-18-19-32(25)29(38)31-27(34)23-14-16-24(17-15-23)36-20-12-6-4-2/h14-17,25H,3-13,18-22H2,1-2H3,(H,30,35)(H,31,34,38). The largest absolute Gasteiger partial charge is 0.494 e. The van der Waals surface area contributed by atoms with Gasteiger partial charge in [0.15, 0.2) is 5.11 Å². The van der Waals surface area contributed by atoms with Gasteiger partial charge in [-0.2, -0.15) is 0 Å². The lowest BCUT2D eigenvalue weighted by Crippen LogP contribution is -2.60. The molecule has 212 valence electrons. The van der Waals surface area contributed by atoms with Crippen molar-refractivity contribution < 1.29 is 23.9 Å². The molecule has 1 aromatic rings. The number of rotatable bonds is 17. The smallest absolute Gasteiger partial charge is 0.308 e. The van der Waals surface area contributed by atoms with Gasteiger partial charge in [-0.1, -0.05) is 71.6 Å². The van der Waals surface area contributed by atoms with Crippen LogP contribution in [-0.4, -0.2) is 60.1 Å². The number of thiocarbonyl (C=S) groups is 1. The third-order valence-electron chi connectivity index (χ3n) is 6.57. The maximum absolute atomic E-state index is 12.8. The Bertz CT molecular complexity index is 877. The van der Waals surface area contributed by atoms with Gasteiger partial charge in [0.1, 0.15) is 11.8 Å². The van der Waals surface area contributed by atoms with Crippen LogP contribution < -0.4 is 15.4 Å². The molecule has 1 saturated heterocycles. The SMILES string of the molecule is CCCCCCCCCCOC(=O)CC1C(=O)NCCN1C(=S)NC(=O)c1ccc(OCCCCC)cc1. The molecule has 1 heterocycles. The van der Waals surface area contributed by atoms with Crippen LogP contribution in [0.4, 0.5) is 0 Å². The molecule has 2 N–H and O–H groups in total. The molecule has 1 fully saturated rings. The first kappa shape index (κ1) is 31.5. The molecule has 8 nitrogen and oxygen atoms in total. The second-order valence-corrected chi connectivity index (χ2v) is 10.1. The quantitative estimate of drug-likeness (QED) is 0.158. The molecule has 0 aromatic heterocycles. The number of ether oxygens (including phenoxy) is 2. The zero-order chi connectivity index (χ0) is 27.6. The summed E-state index contributed by atoms with van der Waals surface area (Å²) in [6.07, 6.45) is 12.4. The van der Waals surface area contributed by atoms with Gasteiger partial charge in [-0.05, 0) is 49.3 Å². The van der Waals surface area contributed by atoms with Crippen molar-refractivity contribution in [1.82, 2.24) is 15.5 Å². The number of nitrogens with zero attached hydrogens (tertiary/aromatic N) is 1. The zero-order valence-electron chi connectivity index (χ0n) is 23.1. The summed E-state index contributed by atoms with van der Waals surface area (Å²) in [6, 6.07) is 6.04. The van der Waals surface area contributed by atoms with Crippen molar-refractivity contribution in [3.8, 4) is 5.75 Å². The normalized spacial score (nSPS) is 15.1. The summed E-state index contributed by atoms with van der Waals surface area (Å²) in [5.74, 6) is -0.418. The maximum atomic E-state index is 12.8. The van der Waals surface area contributed by atoms with E-state index < -0.39 is 12.0 Å². The molecular weight excluding hydrogens is 502 g/mol. The minimum atomic E-state index is -0.818. The molecule has 1 aliphatic heterocycles. The number of esters is 1. The minimum absolute atomic E-state index is 0.116. The second-order valence-electron chi connectivity index (χ2n) is 9.74. The first-order valence-electron chi connectivity index (χ1n) is 14.2. The lowest BCUT2D eigenvalue weighted by atomic mass is 10.1. The summed E-state index contributed by atoms with van der Waals surface area (Å²) >= 11 is 5.45. The average Bonchev–Trinajstić information content (AvgIpc) is 2.91. The molecule has 38 heavy (non-hydrogen) atoms. The van der Waals surface area contributed by atoms with Gasteiger partial charge in [0, 0.05) is 18.7 Å². The maximum Gasteiger partial charge on any atom is 0.308 e. The van der Waals surface area contributed by atoms with E-state index in [4.69, 9.17) is 21.7 Å². The highest BCUT2D eigenvalue weighted by Crippen LogP contribution is 2.15. The lowest BCUT2D eigenvalue weighted by Gasteiger charge is -2.36. The fraction of sp³-hybridized carbons (Fsp3) is 0.655. The summed E-state index contributed by atoms with van der Waals surface area (Å²) in [5, 5.41) is 5.58. The molecule has 0 aliphatic carbocycles. The third kappa shape index (κ3) is 11.8. The van der Waals surface area contributed by atoms with E-state index in [9.17, 15) is 14.4 Å². The van der Waals surface area contributed by atoms with Crippen LogP contribution in [0.1, 0.15) is 101 Å². The first-order chi connectivity index (χ1) is 18.5. The Balaban J connectivity index is 1.78. The predicted molar refractivity (Wildman–Crippen MR) is 153 cm³/mol. The van der Waals surface area contributed by atoms with Crippen LogP contribution in [-0.2, 0) is 14.3 Å². The van der Waals surface area contributed by atoms with Crippen molar-refractivity contribution in [1.29, 1.82) is 0 Å². The van der Waals surface area contributed by atoms with Crippen molar-refractivity contribution >= 4 is 35.1 Å². The molecule has 9 heteroatoms. The van der Waals surface area contributed by atoms with Gasteiger partial charge in [0.2, 0.25) is 5.91 Å². The van der Waals surface area contributed by atoms with Crippen molar-refractivity contribution in [2.24, 2.45) is 0 Å². The van der Waals surface area contributed by atoms with E-state index in [2.05, 4.69) is 24.5 Å². The highest BCUT2D eigenvalue weighted by Gasteiger charge is 2.34. The number of piperazine rings is 1. The van der Waals surface area contributed by atoms with Crippen LogP contribution in [0.2, 0.25) is 0 Å². The minimum Gasteiger partial charge on any atom is -0.494 e. The van der Waals surface area contributed by atoms with Crippen LogP contribution in [0.3, 0.4) is 0 Å². The van der Waals surface area contributed by atoms with E-state index in [0.717, 1.165) is 38.5 Å². The van der Waals surface area contributed by atoms with E-state index in [0.29, 0.717) is 37.6 Å². The molecule has 1 aliphatic rings. The van der Waals surface area contributed by atoms with Gasteiger partial charge >= 0.3 is 5.97 Å². The summed E-state index contributed by atoms with van der Waals surface area (Å²) in [7, 11) is 0. The molecular formula is C29H45N3O5S. The van der Waals surface area contributed by atoms with Gasteiger partial charge in [0.05, 0.1) is 19.6 Å². The van der Waals surface area contributed by atoms with E-state index >= 15 is 0 Å². The number of hydrogen-bond acceptors (Lipinski definition) is 6. The van der Waals surface area contributed by atoms with E-state index in [1.807, 2.05) is 0 Å². The zero-order valence-corrected chi connectivity index (χ0v) is 23.9. The number of unbranched alkanes of at least 4 members (excludes halogenated alkanes) is 9. The molecule has 2 rings (SSSR count). The van der Waals surface area contributed by atoms with E-state index in [1.165, 1.54) is 32.1 Å². The number of nitrogens with one attached hydrogen (secondary N) is 2. The van der Waals surface area contributed by atoms with Crippen molar-refractivity contribution in [2.45, 2.75) is 96.9 Å². The van der Waals surface area contributed by atoms with Gasteiger partial charge in [-0.3, -0.25) is 19.7 Å². The second kappa shape index (κ2) is 18.6. The van der Waals surface area contributed by atoms with Crippen LogP contribution in [0.25, 0.3) is 0 Å². The van der Waals surface area contributed by atoms with Crippen LogP contribution >= 0.6 is 12.2 Å². The van der Waals surface area contributed by atoms with Crippen molar-refractivity contribution in [3.63, 3.8) is 0 Å².